The van der Waals surface area contributed by atoms with E-state index < -0.39 is 34.1 Å². The number of likely N-dealkylation sites (tertiary alicyclic amines) is 1. The van der Waals surface area contributed by atoms with E-state index in [1.165, 1.54) is 44.4 Å². The minimum atomic E-state index is -4.32. The van der Waals surface area contributed by atoms with Crippen LogP contribution in [0.4, 0.5) is 5.69 Å². The highest BCUT2D eigenvalue weighted by Gasteiger charge is 2.43. The molecule has 0 spiro atoms. The highest BCUT2D eigenvalue weighted by molar-refractivity contribution is 7.92. The number of benzene rings is 4. The Bertz CT molecular complexity index is 3810. The maximum absolute atomic E-state index is 14.4. The molecule has 4 atom stereocenters. The van der Waals surface area contributed by atoms with Crippen LogP contribution >= 0.6 is 11.3 Å². The monoisotopic (exact) mass is 1140 g/mol. The lowest BCUT2D eigenvalue weighted by Gasteiger charge is -2.35. The summed E-state index contributed by atoms with van der Waals surface area (Å²) in [6, 6.07) is 25.1. The number of aryl methyl sites for hydroxylation is 3. The number of nitrogens with one attached hydrogen (secondary N) is 3. The molecule has 422 valence electrons. The zero-order chi connectivity index (χ0) is 57.3. The number of β-amino-alcohol motifs (C(OH)–C–C–N with tert-alkyl or cyclic N) is 1. The van der Waals surface area contributed by atoms with Gasteiger partial charge in [-0.3, -0.25) is 32.9 Å². The molecule has 0 bridgehead atoms. The van der Waals surface area contributed by atoms with Crippen LogP contribution in [0.1, 0.15) is 87.1 Å². The van der Waals surface area contributed by atoms with Crippen LogP contribution in [0.3, 0.4) is 0 Å². The Kier molecular flexibility index (Phi) is 16.2. The quantitative estimate of drug-likeness (QED) is 0.0562. The zero-order valence-electron chi connectivity index (χ0n) is 45.9. The number of hydrogen-bond acceptors (Lipinski definition) is 14. The summed E-state index contributed by atoms with van der Waals surface area (Å²) < 4.78 is 53.5. The lowest BCUT2D eigenvalue weighted by molar-refractivity contribution is -0.142. The highest BCUT2D eigenvalue weighted by atomic mass is 32.2. The number of aromatic nitrogens is 6. The molecular formula is C59H64N10O10S2. The number of aliphatic hydroxyl groups excluding tert-OH is 1. The van der Waals surface area contributed by atoms with Crippen LogP contribution in [0, 0.1) is 12.8 Å². The number of carbonyl (C=O) groups is 3. The minimum Gasteiger partial charge on any atom is -0.493 e. The van der Waals surface area contributed by atoms with Gasteiger partial charge in [-0.1, -0.05) is 57.2 Å². The first-order valence-electron chi connectivity index (χ1n) is 26.8. The van der Waals surface area contributed by atoms with Crippen molar-refractivity contribution in [2.45, 2.75) is 102 Å². The van der Waals surface area contributed by atoms with Gasteiger partial charge in [0.05, 0.1) is 62.6 Å². The van der Waals surface area contributed by atoms with Crippen molar-refractivity contribution in [2.75, 3.05) is 17.9 Å². The number of thiazole rings is 1. The summed E-state index contributed by atoms with van der Waals surface area (Å²) in [6.45, 7) is 10.2. The Morgan fingerprint density at radius 3 is 2.33 bits per heavy atom. The van der Waals surface area contributed by atoms with E-state index in [1.54, 1.807) is 85.1 Å². The van der Waals surface area contributed by atoms with E-state index in [0.717, 1.165) is 33.7 Å². The molecule has 20 nitrogen and oxygen atoms in total. The Labute approximate surface area is 472 Å². The lowest BCUT2D eigenvalue weighted by atomic mass is 9.89. The van der Waals surface area contributed by atoms with Crippen molar-refractivity contribution >= 4 is 55.8 Å². The predicted molar refractivity (Wildman–Crippen MR) is 307 cm³/mol. The third kappa shape index (κ3) is 12.1. The molecule has 1 saturated heterocycles. The van der Waals surface area contributed by atoms with Crippen LogP contribution in [0.15, 0.2) is 131 Å². The first kappa shape index (κ1) is 56.0. The van der Waals surface area contributed by atoms with Gasteiger partial charge in [-0.25, -0.2) is 23.2 Å². The largest absolute Gasteiger partial charge is 0.493 e. The number of carbonyl (C=O) groups excluding carboxylic acids is 3. The molecule has 4 N–H and O–H groups in total. The van der Waals surface area contributed by atoms with Crippen molar-refractivity contribution < 1.29 is 42.1 Å². The number of rotatable bonds is 20. The average Bonchev–Trinajstić information content (AvgIpc) is 4.36. The molecule has 1 saturated carbocycles. The maximum Gasteiger partial charge on any atom is 0.328 e. The third-order valence-corrected chi connectivity index (χ3v) is 17.1. The van der Waals surface area contributed by atoms with Gasteiger partial charge in [0, 0.05) is 87.7 Å². The van der Waals surface area contributed by atoms with Gasteiger partial charge >= 0.3 is 5.69 Å². The normalized spacial score (nSPS) is 17.8. The summed E-state index contributed by atoms with van der Waals surface area (Å²) in [6.07, 6.45) is 5.77. The van der Waals surface area contributed by atoms with E-state index in [4.69, 9.17) is 14.2 Å². The summed E-state index contributed by atoms with van der Waals surface area (Å²) in [5, 5.41) is 21.5. The van der Waals surface area contributed by atoms with Crippen LogP contribution in [-0.4, -0.2) is 102 Å². The number of nitrogens with zero attached hydrogens (tertiary/aromatic N) is 7. The molecule has 81 heavy (non-hydrogen) atoms. The predicted octanol–water partition coefficient (Wildman–Crippen LogP) is 8.33. The number of sulfonamides is 1. The van der Waals surface area contributed by atoms with Crippen LogP contribution in [0.2, 0.25) is 0 Å². The van der Waals surface area contributed by atoms with E-state index in [2.05, 4.69) is 30.4 Å². The molecule has 5 heterocycles. The summed E-state index contributed by atoms with van der Waals surface area (Å²) in [5.41, 5.74) is 7.07. The summed E-state index contributed by atoms with van der Waals surface area (Å²) in [4.78, 5) is 66.0. The second-order valence-corrected chi connectivity index (χ2v) is 23.5. The summed E-state index contributed by atoms with van der Waals surface area (Å²) in [7, 11) is -1.10. The molecule has 22 heteroatoms. The van der Waals surface area contributed by atoms with Gasteiger partial charge in [0.25, 0.3) is 15.9 Å². The topological polar surface area (TPSA) is 243 Å². The van der Waals surface area contributed by atoms with Gasteiger partial charge < -0.3 is 34.9 Å². The molecule has 2 fully saturated rings. The Morgan fingerprint density at radius 2 is 1.60 bits per heavy atom. The molecule has 4 aromatic carbocycles. The smallest absolute Gasteiger partial charge is 0.328 e. The molecule has 0 radical (unpaired) electrons. The van der Waals surface area contributed by atoms with Gasteiger partial charge in [0.2, 0.25) is 17.7 Å². The van der Waals surface area contributed by atoms with Crippen molar-refractivity contribution in [2.24, 2.45) is 20.0 Å². The second kappa shape index (κ2) is 23.4. The molecule has 2 aliphatic rings. The number of anilines is 1. The van der Waals surface area contributed by atoms with Crippen LogP contribution in [0.25, 0.3) is 32.6 Å². The van der Waals surface area contributed by atoms with E-state index in [-0.39, 0.29) is 76.5 Å². The van der Waals surface area contributed by atoms with Gasteiger partial charge in [-0.05, 0) is 85.3 Å². The number of pyridine rings is 1. The van der Waals surface area contributed by atoms with Crippen LogP contribution < -0.4 is 35.3 Å². The molecule has 8 aromatic rings. The molecule has 0 unspecified atom stereocenters. The Morgan fingerprint density at radius 1 is 0.864 bits per heavy atom. The van der Waals surface area contributed by atoms with E-state index in [1.807, 2.05) is 70.5 Å². The number of ether oxygens (including phenoxy) is 3. The van der Waals surface area contributed by atoms with Gasteiger partial charge in [0.15, 0.2) is 5.75 Å². The SMILES string of the molecule is CCCOc1cccc(Oc2cc3c(cc2NS(=O)(=O)c2cccc(C(=O)N[C@H]4C[C@H](Oc5cc(-c6cnn([C@H](C(=O)N7C[C@H](O)C[C@H]7C(=O)N[C@@H](C)c7ccc(-c8scnc8C)cc7)C(C)C)c6)ccn5)C4)c2)n(C)c(=O)n3C)c1. The average molecular weight is 1140 g/mol. The Hall–Kier alpha value is -8.34. The van der Waals surface area contributed by atoms with E-state index in [9.17, 15) is 32.7 Å². The minimum absolute atomic E-state index is 0.0156. The van der Waals surface area contributed by atoms with Gasteiger partial charge in [-0.2, -0.15) is 5.10 Å². The first-order chi connectivity index (χ1) is 38.8. The molecule has 10 rings (SSSR count). The fourth-order valence-corrected chi connectivity index (χ4v) is 12.2. The van der Waals surface area contributed by atoms with Gasteiger partial charge in [0.1, 0.15) is 29.7 Å². The van der Waals surface area contributed by atoms with E-state index in [0.29, 0.717) is 53.4 Å². The van der Waals surface area contributed by atoms with Crippen molar-refractivity contribution in [3.63, 3.8) is 0 Å². The van der Waals surface area contributed by atoms with Gasteiger partial charge in [-0.15, -0.1) is 11.3 Å². The number of fused-ring (bicyclic) bond motifs is 1. The molecule has 3 amide bonds. The fourth-order valence-electron chi connectivity index (χ4n) is 10.3. The maximum atomic E-state index is 14.4. The summed E-state index contributed by atoms with van der Waals surface area (Å²) >= 11 is 1.57. The zero-order valence-corrected chi connectivity index (χ0v) is 47.5. The standard InChI is InChI=1S/C59H64N10O10S2/c1-8-21-77-44-12-10-13-45(27-44)78-52-29-50-49(66(6)59(74)67(50)7)28-48(52)65-81(75,76)47-14-9-11-40(22-47)56(71)64-42-24-46(25-42)79-53-23-39(19-20-60-53)41-30-62-69(31-41)54(34(2)3)58(73)68-32-43(70)26-51(68)57(72)63-35(4)37-15-17-38(18-16-37)55-36(5)61-33-80-55/h9-20,22-23,27-31,33-35,42-43,46,51,54,65,70H,8,21,24-26,32H2,1-7H3,(H,63,72)(H,64,71)/t35-,42-,43+,46-,51-,54-/m0/s1. The van der Waals surface area contributed by atoms with Crippen molar-refractivity contribution in [3.05, 3.63) is 148 Å². The van der Waals surface area contributed by atoms with E-state index >= 15 is 0 Å². The van der Waals surface area contributed by atoms with Crippen molar-refractivity contribution in [3.8, 4) is 44.7 Å². The highest BCUT2D eigenvalue weighted by Crippen LogP contribution is 2.37. The molecular weight excluding hydrogens is 1070 g/mol. The van der Waals surface area contributed by atoms with Crippen LogP contribution in [0.5, 0.6) is 23.1 Å². The summed E-state index contributed by atoms with van der Waals surface area (Å²) in [5.74, 6) is 0.112. The lowest BCUT2D eigenvalue weighted by Crippen LogP contribution is -2.49. The number of aliphatic hydroxyl groups is 1. The number of imidazole rings is 1. The van der Waals surface area contributed by atoms with Crippen LogP contribution in [-0.2, 0) is 33.7 Å². The number of amides is 3. The molecule has 1 aliphatic carbocycles. The fraction of sp³-hybridized carbons (Fsp3) is 0.339. The van der Waals surface area contributed by atoms with Crippen molar-refractivity contribution in [1.29, 1.82) is 0 Å². The third-order valence-electron chi connectivity index (χ3n) is 14.7. The number of hydrogen-bond donors (Lipinski definition) is 4. The first-order valence-corrected chi connectivity index (χ1v) is 29.2. The molecule has 4 aromatic heterocycles. The Balaban J connectivity index is 0.751. The second-order valence-electron chi connectivity index (χ2n) is 21.0. The van der Waals surface area contributed by atoms with Crippen molar-refractivity contribution in [1.82, 2.24) is 44.4 Å². The molecule has 1 aliphatic heterocycles.